The maximum absolute atomic E-state index is 11.9. The number of nitrogens with one attached hydrogen (secondary N) is 2. The highest BCUT2D eigenvalue weighted by molar-refractivity contribution is 14.0. The molecule has 1 amide bonds. The molecule has 0 aromatic rings. The number of likely N-dealkylation sites (N-methyl/N-ethyl adjacent to an activating group) is 1. The van der Waals surface area contributed by atoms with Gasteiger partial charge in [0.25, 0.3) is 0 Å². The predicted molar refractivity (Wildman–Crippen MR) is 114 cm³/mol. The number of nitrogens with zero attached hydrogens (tertiary/aromatic N) is 3. The SMILES string of the molecule is CN=C(NCCN(C)C(C)C)N1CCC(NC(=O)OC(C)(C)C)C1.I. The number of rotatable bonds is 5. The molecule has 8 heteroatoms. The minimum Gasteiger partial charge on any atom is -0.444 e. The molecule has 1 saturated heterocycles. The predicted octanol–water partition coefficient (Wildman–Crippen LogP) is 2.12. The normalized spacial score (nSPS) is 18.4. The van der Waals surface area contributed by atoms with Crippen LogP contribution < -0.4 is 10.6 Å². The highest BCUT2D eigenvalue weighted by Crippen LogP contribution is 2.12. The summed E-state index contributed by atoms with van der Waals surface area (Å²) in [6.07, 6.45) is 0.544. The van der Waals surface area contributed by atoms with Crippen molar-refractivity contribution in [1.82, 2.24) is 20.4 Å². The number of likely N-dealkylation sites (tertiary alicyclic amines) is 1. The van der Waals surface area contributed by atoms with Gasteiger partial charge in [-0.2, -0.15) is 0 Å². The lowest BCUT2D eigenvalue weighted by atomic mass is 10.2. The molecule has 1 rings (SSSR count). The van der Waals surface area contributed by atoms with E-state index in [1.165, 1.54) is 0 Å². The first-order valence-corrected chi connectivity index (χ1v) is 8.77. The van der Waals surface area contributed by atoms with Crippen molar-refractivity contribution >= 4 is 36.0 Å². The Hall–Kier alpha value is -0.770. The van der Waals surface area contributed by atoms with Gasteiger partial charge < -0.3 is 25.2 Å². The average Bonchev–Trinajstić information content (AvgIpc) is 2.89. The van der Waals surface area contributed by atoms with Gasteiger partial charge in [0.15, 0.2) is 5.96 Å². The Balaban J connectivity index is 0.00000576. The molecule has 1 fully saturated rings. The highest BCUT2D eigenvalue weighted by Gasteiger charge is 2.27. The first-order chi connectivity index (χ1) is 11.1. The molecule has 0 radical (unpaired) electrons. The Morgan fingerprint density at radius 3 is 2.56 bits per heavy atom. The van der Waals surface area contributed by atoms with Crippen LogP contribution in [0.3, 0.4) is 0 Å². The van der Waals surface area contributed by atoms with E-state index >= 15 is 0 Å². The number of halogens is 1. The van der Waals surface area contributed by atoms with E-state index in [4.69, 9.17) is 4.74 Å². The molecule has 148 valence electrons. The van der Waals surface area contributed by atoms with Gasteiger partial charge in [0.2, 0.25) is 0 Å². The lowest BCUT2D eigenvalue weighted by Gasteiger charge is -2.25. The van der Waals surface area contributed by atoms with E-state index in [9.17, 15) is 4.79 Å². The maximum atomic E-state index is 11.9. The molecule has 1 unspecified atom stereocenters. The van der Waals surface area contributed by atoms with Crippen LogP contribution in [0.1, 0.15) is 41.0 Å². The number of carbonyl (C=O) groups is 1. The second-order valence-corrected chi connectivity index (χ2v) is 7.63. The van der Waals surface area contributed by atoms with Crippen LogP contribution in [0.4, 0.5) is 4.79 Å². The lowest BCUT2D eigenvalue weighted by molar-refractivity contribution is 0.0507. The maximum Gasteiger partial charge on any atom is 0.407 e. The summed E-state index contributed by atoms with van der Waals surface area (Å²) in [5.41, 5.74) is -0.470. The number of ether oxygens (including phenoxy) is 1. The first-order valence-electron chi connectivity index (χ1n) is 8.77. The Bertz CT molecular complexity index is 437. The first kappa shape index (κ1) is 24.2. The standard InChI is InChI=1S/C17H35N5O2.HI/c1-13(2)21(7)11-9-19-15(18-6)22-10-8-14(12-22)20-16(23)24-17(3,4)5;/h13-14H,8-12H2,1-7H3,(H,18,19)(H,20,23);1H. The fraction of sp³-hybridized carbons (Fsp3) is 0.882. The van der Waals surface area contributed by atoms with Crippen molar-refractivity contribution in [1.29, 1.82) is 0 Å². The molecule has 0 aromatic carbocycles. The van der Waals surface area contributed by atoms with E-state index in [2.05, 4.69) is 46.3 Å². The van der Waals surface area contributed by atoms with E-state index < -0.39 is 5.60 Å². The van der Waals surface area contributed by atoms with Crippen molar-refractivity contribution in [3.05, 3.63) is 0 Å². The van der Waals surface area contributed by atoms with Gasteiger partial charge in [0.1, 0.15) is 5.60 Å². The average molecular weight is 469 g/mol. The summed E-state index contributed by atoms with van der Waals surface area (Å²) in [6.45, 7) is 13.4. The number of amides is 1. The Morgan fingerprint density at radius 2 is 2.04 bits per heavy atom. The van der Waals surface area contributed by atoms with Crippen LogP contribution in [-0.4, -0.2) is 79.8 Å². The van der Waals surface area contributed by atoms with Crippen LogP contribution in [0.2, 0.25) is 0 Å². The molecule has 1 heterocycles. The number of carbonyl (C=O) groups excluding carboxylic acids is 1. The monoisotopic (exact) mass is 469 g/mol. The number of hydrogen-bond donors (Lipinski definition) is 2. The quantitative estimate of drug-likeness (QED) is 0.367. The van der Waals surface area contributed by atoms with Crippen molar-refractivity contribution < 1.29 is 9.53 Å². The van der Waals surface area contributed by atoms with E-state index in [-0.39, 0.29) is 36.1 Å². The van der Waals surface area contributed by atoms with Gasteiger partial charge in [0.05, 0.1) is 6.04 Å². The molecule has 0 saturated carbocycles. The zero-order chi connectivity index (χ0) is 18.3. The summed E-state index contributed by atoms with van der Waals surface area (Å²) in [6, 6.07) is 0.625. The third kappa shape index (κ3) is 9.48. The van der Waals surface area contributed by atoms with Gasteiger partial charge in [-0.05, 0) is 48.1 Å². The van der Waals surface area contributed by atoms with E-state index in [0.29, 0.717) is 6.04 Å². The van der Waals surface area contributed by atoms with E-state index in [0.717, 1.165) is 38.6 Å². The third-order valence-electron chi connectivity index (χ3n) is 4.05. The van der Waals surface area contributed by atoms with Gasteiger partial charge in [-0.15, -0.1) is 24.0 Å². The molecule has 2 N–H and O–H groups in total. The third-order valence-corrected chi connectivity index (χ3v) is 4.05. The van der Waals surface area contributed by atoms with Crippen LogP contribution in [0.15, 0.2) is 4.99 Å². The molecule has 1 atom stereocenters. The summed E-state index contributed by atoms with van der Waals surface area (Å²) in [5, 5.41) is 6.34. The smallest absolute Gasteiger partial charge is 0.407 e. The Kier molecular flexibility index (Phi) is 10.7. The van der Waals surface area contributed by atoms with Crippen LogP contribution in [0.25, 0.3) is 0 Å². The summed E-state index contributed by atoms with van der Waals surface area (Å²) in [4.78, 5) is 20.7. The summed E-state index contributed by atoms with van der Waals surface area (Å²) in [7, 11) is 3.91. The molecule has 0 spiro atoms. The molecule has 25 heavy (non-hydrogen) atoms. The minimum atomic E-state index is -0.470. The van der Waals surface area contributed by atoms with Crippen molar-refractivity contribution in [3.63, 3.8) is 0 Å². The number of guanidine groups is 1. The van der Waals surface area contributed by atoms with Gasteiger partial charge in [-0.3, -0.25) is 4.99 Å². The van der Waals surface area contributed by atoms with E-state index in [1.807, 2.05) is 20.8 Å². The van der Waals surface area contributed by atoms with Crippen LogP contribution >= 0.6 is 24.0 Å². The van der Waals surface area contributed by atoms with Crippen LogP contribution in [0, 0.1) is 0 Å². The largest absolute Gasteiger partial charge is 0.444 e. The number of alkyl carbamates (subject to hydrolysis) is 1. The van der Waals surface area contributed by atoms with Crippen molar-refractivity contribution in [2.75, 3.05) is 40.3 Å². The number of aliphatic imine (C=N–C) groups is 1. The van der Waals surface area contributed by atoms with Gasteiger partial charge in [0, 0.05) is 39.3 Å². The van der Waals surface area contributed by atoms with Gasteiger partial charge >= 0.3 is 6.09 Å². The fourth-order valence-electron chi connectivity index (χ4n) is 2.48. The Morgan fingerprint density at radius 1 is 1.40 bits per heavy atom. The van der Waals surface area contributed by atoms with Crippen LogP contribution in [0.5, 0.6) is 0 Å². The zero-order valence-corrected chi connectivity index (χ0v) is 19.1. The minimum absolute atomic E-state index is 0. The molecule has 1 aliphatic heterocycles. The molecule has 0 aromatic heterocycles. The highest BCUT2D eigenvalue weighted by atomic mass is 127. The molecule has 1 aliphatic rings. The van der Waals surface area contributed by atoms with Gasteiger partial charge in [-0.1, -0.05) is 0 Å². The second-order valence-electron chi connectivity index (χ2n) is 7.63. The topological polar surface area (TPSA) is 69.2 Å². The Labute approximate surface area is 170 Å². The summed E-state index contributed by atoms with van der Waals surface area (Å²) >= 11 is 0. The van der Waals surface area contributed by atoms with E-state index in [1.54, 1.807) is 7.05 Å². The summed E-state index contributed by atoms with van der Waals surface area (Å²) < 4.78 is 5.32. The molecular formula is C17H36IN5O2. The van der Waals surface area contributed by atoms with Gasteiger partial charge in [-0.25, -0.2) is 4.79 Å². The van der Waals surface area contributed by atoms with Crippen LogP contribution in [-0.2, 0) is 4.74 Å². The van der Waals surface area contributed by atoms with Crippen molar-refractivity contribution in [2.24, 2.45) is 4.99 Å². The lowest BCUT2D eigenvalue weighted by Crippen LogP contribution is -2.45. The summed E-state index contributed by atoms with van der Waals surface area (Å²) in [5.74, 6) is 0.889. The second kappa shape index (κ2) is 11.1. The fourth-order valence-corrected chi connectivity index (χ4v) is 2.48. The molecule has 0 bridgehead atoms. The van der Waals surface area contributed by atoms with Crippen molar-refractivity contribution in [2.45, 2.75) is 58.7 Å². The number of hydrogen-bond acceptors (Lipinski definition) is 4. The molecular weight excluding hydrogens is 433 g/mol. The zero-order valence-electron chi connectivity index (χ0n) is 16.8. The molecule has 7 nitrogen and oxygen atoms in total. The van der Waals surface area contributed by atoms with Crippen molar-refractivity contribution in [3.8, 4) is 0 Å². The molecule has 0 aliphatic carbocycles.